The average Bonchev–Trinajstić information content (AvgIpc) is 3.16. The van der Waals surface area contributed by atoms with E-state index in [1.165, 1.54) is 16.8 Å². The molecule has 4 rings (SSSR count). The molecule has 4 aromatic rings. The van der Waals surface area contributed by atoms with Crippen molar-refractivity contribution in [3.63, 3.8) is 0 Å². The Morgan fingerprint density at radius 2 is 1.55 bits per heavy atom. The third kappa shape index (κ3) is 4.02. The Morgan fingerprint density at radius 1 is 0.935 bits per heavy atom. The summed E-state index contributed by atoms with van der Waals surface area (Å²) in [6, 6.07) is 24.5. The summed E-state index contributed by atoms with van der Waals surface area (Å²) in [5.41, 5.74) is 4.75. The molecule has 3 aromatic carbocycles. The van der Waals surface area contributed by atoms with Gasteiger partial charge in [-0.05, 0) is 19.1 Å². The molecule has 1 amide bonds. The van der Waals surface area contributed by atoms with Crippen LogP contribution in [-0.4, -0.2) is 21.4 Å². The molecular formula is C24H19N4O3-. The van der Waals surface area contributed by atoms with Crippen molar-refractivity contribution >= 4 is 11.6 Å². The molecule has 2 N–H and O–H groups in total. The fourth-order valence-corrected chi connectivity index (χ4v) is 3.25. The molecule has 0 radical (unpaired) electrons. The molecule has 7 heteroatoms. The van der Waals surface area contributed by atoms with Gasteiger partial charge in [-0.25, -0.2) is 10.1 Å². The molecule has 1 heterocycles. The molecule has 31 heavy (non-hydrogen) atoms. The van der Waals surface area contributed by atoms with Crippen molar-refractivity contribution in [2.24, 2.45) is 5.10 Å². The summed E-state index contributed by atoms with van der Waals surface area (Å²) in [5.74, 6) is -1.03. The lowest BCUT2D eigenvalue weighted by Crippen LogP contribution is -2.24. The number of rotatable bonds is 5. The minimum atomic E-state index is -0.634. The highest BCUT2D eigenvalue weighted by atomic mass is 16.3. The highest BCUT2D eigenvalue weighted by Crippen LogP contribution is 2.21. The highest BCUT2D eigenvalue weighted by Gasteiger charge is 2.19. The fraction of sp³-hybridized carbons (Fsp3) is 0.0417. The van der Waals surface area contributed by atoms with Crippen molar-refractivity contribution in [2.45, 2.75) is 6.92 Å². The molecule has 0 saturated carbocycles. The van der Waals surface area contributed by atoms with Crippen LogP contribution < -0.4 is 16.1 Å². The van der Waals surface area contributed by atoms with Gasteiger partial charge in [0.15, 0.2) is 0 Å². The molecule has 0 fully saturated rings. The van der Waals surface area contributed by atoms with Crippen LogP contribution in [0.4, 0.5) is 0 Å². The Hall–Kier alpha value is -4.39. The summed E-state index contributed by atoms with van der Waals surface area (Å²) >= 11 is 0. The molecule has 0 bridgehead atoms. The van der Waals surface area contributed by atoms with Gasteiger partial charge in [-0.15, -0.1) is 0 Å². The lowest BCUT2D eigenvalue weighted by molar-refractivity contribution is -0.268. The van der Waals surface area contributed by atoms with Crippen molar-refractivity contribution in [1.82, 2.24) is 15.2 Å². The van der Waals surface area contributed by atoms with E-state index in [-0.39, 0.29) is 11.1 Å². The molecule has 0 aliphatic carbocycles. The fourth-order valence-electron chi connectivity index (χ4n) is 3.25. The zero-order valence-electron chi connectivity index (χ0n) is 16.7. The van der Waals surface area contributed by atoms with Crippen molar-refractivity contribution in [3.8, 4) is 22.7 Å². The number of carbonyl (C=O) groups is 1. The third-order valence-electron chi connectivity index (χ3n) is 4.79. The number of hydrogen-bond donors (Lipinski definition) is 2. The number of carbonyl (C=O) groups excluding carboxylic acids is 1. The molecule has 0 atom stereocenters. The first kappa shape index (κ1) is 19.9. The van der Waals surface area contributed by atoms with Crippen LogP contribution in [0.2, 0.25) is 0 Å². The Balaban J connectivity index is 1.77. The summed E-state index contributed by atoms with van der Waals surface area (Å²) in [6.07, 6.45) is 0. The van der Waals surface area contributed by atoms with Gasteiger partial charge < -0.3 is 5.11 Å². The van der Waals surface area contributed by atoms with Gasteiger partial charge in [0.2, 0.25) is 0 Å². The van der Waals surface area contributed by atoms with E-state index in [0.29, 0.717) is 22.7 Å². The number of benzene rings is 3. The number of aromatic amines is 1. The van der Waals surface area contributed by atoms with Crippen LogP contribution in [0.15, 0.2) is 94.8 Å². The first-order valence-corrected chi connectivity index (χ1v) is 9.63. The lowest BCUT2D eigenvalue weighted by atomic mass is 10.1. The molecule has 0 aliphatic rings. The first-order valence-electron chi connectivity index (χ1n) is 9.63. The third-order valence-corrected chi connectivity index (χ3v) is 4.79. The molecule has 0 saturated heterocycles. The van der Waals surface area contributed by atoms with E-state index in [1.807, 2.05) is 60.7 Å². The van der Waals surface area contributed by atoms with Crippen LogP contribution in [0.1, 0.15) is 22.8 Å². The SMILES string of the molecule is C/C(=N/NC(=O)c1ccccc1[O-])c1c(-c2ccccc2)[nH]n(-c2ccccc2)c1=O. The van der Waals surface area contributed by atoms with Crippen LogP contribution in [0.25, 0.3) is 16.9 Å². The van der Waals surface area contributed by atoms with Gasteiger partial charge in [-0.1, -0.05) is 78.5 Å². The van der Waals surface area contributed by atoms with Crippen LogP contribution in [0, 0.1) is 0 Å². The van der Waals surface area contributed by atoms with E-state index < -0.39 is 11.7 Å². The van der Waals surface area contributed by atoms with Crippen molar-refractivity contribution in [3.05, 3.63) is 106 Å². The Morgan fingerprint density at radius 3 is 2.23 bits per heavy atom. The minimum absolute atomic E-state index is 0.0157. The van der Waals surface area contributed by atoms with E-state index in [9.17, 15) is 14.7 Å². The van der Waals surface area contributed by atoms with Crippen molar-refractivity contribution < 1.29 is 9.90 Å². The van der Waals surface area contributed by atoms with Gasteiger partial charge in [0, 0.05) is 11.1 Å². The molecule has 154 valence electrons. The van der Waals surface area contributed by atoms with Gasteiger partial charge >= 0.3 is 0 Å². The van der Waals surface area contributed by atoms with E-state index >= 15 is 0 Å². The topological polar surface area (TPSA) is 102 Å². The van der Waals surface area contributed by atoms with E-state index in [0.717, 1.165) is 5.56 Å². The van der Waals surface area contributed by atoms with Crippen molar-refractivity contribution in [1.29, 1.82) is 0 Å². The van der Waals surface area contributed by atoms with E-state index in [2.05, 4.69) is 15.6 Å². The summed E-state index contributed by atoms with van der Waals surface area (Å²) < 4.78 is 1.44. The Bertz CT molecular complexity index is 1310. The monoisotopic (exact) mass is 411 g/mol. The number of amides is 1. The predicted octanol–water partition coefficient (Wildman–Crippen LogP) is 3.06. The molecule has 1 aromatic heterocycles. The van der Waals surface area contributed by atoms with Crippen LogP contribution in [0.3, 0.4) is 0 Å². The van der Waals surface area contributed by atoms with Gasteiger partial charge in [-0.2, -0.15) is 5.10 Å². The van der Waals surface area contributed by atoms with E-state index in [1.54, 1.807) is 19.1 Å². The standard InChI is InChI=1S/C24H20N4O3/c1-16(25-26-23(30)19-14-8-9-15-20(19)29)21-22(17-10-4-2-5-11-17)27-28(24(21)31)18-12-6-3-7-13-18/h2-15,27,29H,1H3,(H,26,30)/p-1/b25-16-. The summed E-state index contributed by atoms with van der Waals surface area (Å²) in [6.45, 7) is 1.63. The lowest BCUT2D eigenvalue weighted by Gasteiger charge is -2.11. The number of hydrazone groups is 1. The second-order valence-corrected chi connectivity index (χ2v) is 6.84. The normalized spacial score (nSPS) is 11.3. The molecular weight excluding hydrogens is 392 g/mol. The molecule has 7 nitrogen and oxygen atoms in total. The molecule has 0 aliphatic heterocycles. The van der Waals surface area contributed by atoms with Crippen molar-refractivity contribution in [2.75, 3.05) is 0 Å². The number of H-pyrrole nitrogens is 1. The van der Waals surface area contributed by atoms with E-state index in [4.69, 9.17) is 0 Å². The van der Waals surface area contributed by atoms with Gasteiger partial charge in [0.1, 0.15) is 0 Å². The van der Waals surface area contributed by atoms with Gasteiger partial charge in [0.05, 0.1) is 22.7 Å². The highest BCUT2D eigenvalue weighted by molar-refractivity contribution is 6.05. The summed E-state index contributed by atoms with van der Waals surface area (Å²) in [5, 5.41) is 19.1. The number of nitrogens with one attached hydrogen (secondary N) is 2. The Kier molecular flexibility index (Phi) is 5.49. The number of hydrogen-bond acceptors (Lipinski definition) is 4. The average molecular weight is 411 g/mol. The Labute approximate surface area is 178 Å². The summed E-state index contributed by atoms with van der Waals surface area (Å²) in [7, 11) is 0. The smallest absolute Gasteiger partial charge is 0.281 e. The number of para-hydroxylation sites is 2. The second-order valence-electron chi connectivity index (χ2n) is 6.84. The van der Waals surface area contributed by atoms with Crippen LogP contribution in [-0.2, 0) is 0 Å². The summed E-state index contributed by atoms with van der Waals surface area (Å²) in [4.78, 5) is 25.6. The van der Waals surface area contributed by atoms with Gasteiger partial charge in [0.25, 0.3) is 11.5 Å². The van der Waals surface area contributed by atoms with Crippen LogP contribution >= 0.6 is 0 Å². The minimum Gasteiger partial charge on any atom is -0.872 e. The predicted molar refractivity (Wildman–Crippen MR) is 117 cm³/mol. The number of aromatic nitrogens is 2. The van der Waals surface area contributed by atoms with Gasteiger partial charge in [-0.3, -0.25) is 14.7 Å². The molecule has 0 unspecified atom stereocenters. The maximum Gasteiger partial charge on any atom is 0.281 e. The maximum absolute atomic E-state index is 13.3. The van der Waals surface area contributed by atoms with Crippen LogP contribution in [0.5, 0.6) is 5.75 Å². The largest absolute Gasteiger partial charge is 0.872 e. The molecule has 0 spiro atoms. The number of nitrogens with zero attached hydrogens (tertiary/aromatic N) is 2. The zero-order chi connectivity index (χ0) is 21.8. The maximum atomic E-state index is 13.3. The quantitative estimate of drug-likeness (QED) is 0.390. The zero-order valence-corrected chi connectivity index (χ0v) is 16.7. The first-order chi connectivity index (χ1) is 15.1. The second kappa shape index (κ2) is 8.54.